The second-order valence-corrected chi connectivity index (χ2v) is 10.9. The van der Waals surface area contributed by atoms with Gasteiger partial charge in [-0.3, -0.25) is 0 Å². The maximum atomic E-state index is 4.27. The van der Waals surface area contributed by atoms with E-state index in [4.69, 9.17) is 0 Å². The minimum atomic E-state index is -2.15. The molecule has 128 valence electrons. The Balaban J connectivity index is 1.85. The summed E-state index contributed by atoms with van der Waals surface area (Å²) in [4.78, 5) is 4.27. The molecule has 0 aromatic heterocycles. The first-order valence-electron chi connectivity index (χ1n) is 9.64. The second kappa shape index (κ2) is 7.55. The van der Waals surface area contributed by atoms with Gasteiger partial charge >= 0.3 is 0 Å². The fraction of sp³-hybridized carbons (Fsp3) is 0.304. The molecule has 0 amide bonds. The molecule has 4 rings (SSSR count). The summed E-state index contributed by atoms with van der Waals surface area (Å²) in [7, 11) is -2.15. The molecular weight excluding hydrogens is 318 g/mol. The van der Waals surface area contributed by atoms with Gasteiger partial charge in [-0.1, -0.05) is 103 Å². The lowest BCUT2D eigenvalue weighted by molar-refractivity contribution is 0.416. The Morgan fingerprint density at radius 2 is 1.36 bits per heavy atom. The highest BCUT2D eigenvalue weighted by Gasteiger charge is 2.43. The largest absolute Gasteiger partial charge is 0.324 e. The molecule has 0 heterocycles. The van der Waals surface area contributed by atoms with E-state index in [1.54, 1.807) is 5.20 Å². The summed E-state index contributed by atoms with van der Waals surface area (Å²) in [5, 5.41) is 4.57. The van der Waals surface area contributed by atoms with Crippen LogP contribution in [-0.4, -0.2) is 14.3 Å². The number of hydrogen-bond donors (Lipinski definition) is 1. The maximum absolute atomic E-state index is 4.27. The van der Waals surface area contributed by atoms with E-state index in [1.165, 1.54) is 42.5 Å². The molecule has 25 heavy (non-hydrogen) atoms. The molecule has 0 unspecified atom stereocenters. The van der Waals surface area contributed by atoms with Crippen molar-refractivity contribution in [1.82, 2.24) is 4.98 Å². The van der Waals surface area contributed by atoms with Crippen LogP contribution in [0.2, 0.25) is 0 Å². The fourth-order valence-electron chi connectivity index (χ4n) is 4.45. The van der Waals surface area contributed by atoms with Crippen LogP contribution in [0.4, 0.5) is 0 Å². The van der Waals surface area contributed by atoms with E-state index in [0.29, 0.717) is 6.04 Å². The summed E-state index contributed by atoms with van der Waals surface area (Å²) in [5.41, 5.74) is 0. The second-order valence-electron chi connectivity index (χ2n) is 7.29. The molecule has 0 saturated heterocycles. The van der Waals surface area contributed by atoms with Gasteiger partial charge in [-0.2, -0.15) is 0 Å². The van der Waals surface area contributed by atoms with Crippen LogP contribution in [0.5, 0.6) is 0 Å². The maximum Gasteiger partial charge on any atom is 0.218 e. The van der Waals surface area contributed by atoms with Crippen molar-refractivity contribution in [2.45, 2.75) is 44.6 Å². The van der Waals surface area contributed by atoms with E-state index in [9.17, 15) is 0 Å². The Hall–Kier alpha value is -1.90. The highest BCUT2D eigenvalue weighted by atomic mass is 28.3. The van der Waals surface area contributed by atoms with Crippen molar-refractivity contribution in [3.63, 3.8) is 0 Å². The summed E-state index contributed by atoms with van der Waals surface area (Å²) < 4.78 is 0. The van der Waals surface area contributed by atoms with Crippen molar-refractivity contribution in [3.05, 3.63) is 84.1 Å². The Morgan fingerprint density at radius 3 is 1.88 bits per heavy atom. The first-order valence-corrected chi connectivity index (χ1v) is 11.6. The lowest BCUT2D eigenvalue weighted by Crippen LogP contribution is -2.72. The molecule has 2 aliphatic rings. The molecule has 0 radical (unpaired) electrons. The molecule has 1 saturated carbocycles. The zero-order valence-corrected chi connectivity index (χ0v) is 15.8. The molecule has 1 fully saturated rings. The van der Waals surface area contributed by atoms with Crippen LogP contribution in [0, 0.1) is 0 Å². The van der Waals surface area contributed by atoms with Gasteiger partial charge in [0.2, 0.25) is 8.24 Å². The van der Waals surface area contributed by atoms with Crippen LogP contribution < -0.4 is 15.4 Å². The first kappa shape index (κ1) is 16.6. The quantitative estimate of drug-likeness (QED) is 0.805. The number of rotatable bonds is 5. The fourth-order valence-corrected chi connectivity index (χ4v) is 9.10. The molecule has 0 atom stereocenters. The van der Waals surface area contributed by atoms with E-state index < -0.39 is 8.24 Å². The molecule has 1 nitrogen and oxygen atoms in total. The van der Waals surface area contributed by atoms with Crippen molar-refractivity contribution in [2.24, 2.45) is 0 Å². The van der Waals surface area contributed by atoms with Gasteiger partial charge in [0.05, 0.1) is 0 Å². The third kappa shape index (κ3) is 3.29. The minimum Gasteiger partial charge on any atom is -0.324 e. The smallest absolute Gasteiger partial charge is 0.218 e. The van der Waals surface area contributed by atoms with Crippen molar-refractivity contribution in [3.8, 4) is 0 Å². The lowest BCUT2D eigenvalue weighted by atomic mass is 9.96. The van der Waals surface area contributed by atoms with E-state index in [1.807, 2.05) is 0 Å². The summed E-state index contributed by atoms with van der Waals surface area (Å²) in [5.74, 6) is 0. The summed E-state index contributed by atoms with van der Waals surface area (Å²) in [6, 6.07) is 23.1. The molecule has 0 spiro atoms. The van der Waals surface area contributed by atoms with Crippen LogP contribution >= 0.6 is 0 Å². The predicted octanol–water partition coefficient (Wildman–Crippen LogP) is 4.09. The van der Waals surface area contributed by atoms with Crippen LogP contribution in [0.1, 0.15) is 38.5 Å². The zero-order chi connectivity index (χ0) is 17.0. The van der Waals surface area contributed by atoms with Gasteiger partial charge in [0.25, 0.3) is 0 Å². The van der Waals surface area contributed by atoms with Gasteiger partial charge in [0, 0.05) is 6.04 Å². The molecule has 2 heteroatoms. The molecule has 2 aliphatic carbocycles. The van der Waals surface area contributed by atoms with Gasteiger partial charge in [-0.05, 0) is 29.6 Å². The van der Waals surface area contributed by atoms with E-state index in [0.717, 1.165) is 6.42 Å². The highest BCUT2D eigenvalue weighted by molar-refractivity contribution is 7.05. The van der Waals surface area contributed by atoms with Crippen LogP contribution in [0.25, 0.3) is 0 Å². The minimum absolute atomic E-state index is 0.641. The Labute approximate surface area is 152 Å². The topological polar surface area (TPSA) is 12.0 Å². The van der Waals surface area contributed by atoms with Gasteiger partial charge in [0.1, 0.15) is 0 Å². The zero-order valence-electron chi connectivity index (χ0n) is 14.8. The van der Waals surface area contributed by atoms with Crippen LogP contribution in [-0.2, 0) is 0 Å². The summed E-state index contributed by atoms with van der Waals surface area (Å²) >= 11 is 0. The van der Waals surface area contributed by atoms with Gasteiger partial charge in [0.15, 0.2) is 0 Å². The number of allylic oxidation sites excluding steroid dienone is 4. The van der Waals surface area contributed by atoms with Crippen molar-refractivity contribution < 1.29 is 0 Å². The lowest BCUT2D eigenvalue weighted by Gasteiger charge is -2.40. The standard InChI is InChI=1S/C23H27NSi/c1-4-12-20(13-5-1)24-25(23-18-10-11-19-23,21-14-6-2-7-15-21)22-16-8-3-9-17-22/h2-3,6-11,14-18,20,24H,1,4-5,12-13,19H2. The van der Waals surface area contributed by atoms with E-state index in [-0.39, 0.29) is 0 Å². The normalized spacial score (nSPS) is 18.3. The number of benzene rings is 2. The number of hydrogen-bond acceptors (Lipinski definition) is 1. The molecule has 0 bridgehead atoms. The summed E-state index contributed by atoms with van der Waals surface area (Å²) in [6.45, 7) is 0. The van der Waals surface area contributed by atoms with E-state index >= 15 is 0 Å². The molecule has 2 aromatic carbocycles. The SMILES string of the molecule is C1=CCC([Si](NC2CCCCC2)(c2ccccc2)c2ccccc2)=C1. The molecule has 2 aromatic rings. The van der Waals surface area contributed by atoms with Crippen molar-refractivity contribution in [2.75, 3.05) is 0 Å². The Bertz CT molecular complexity index is 703. The average molecular weight is 346 g/mol. The Morgan fingerprint density at radius 1 is 0.760 bits per heavy atom. The summed E-state index contributed by atoms with van der Waals surface area (Å²) in [6.07, 6.45) is 14.8. The van der Waals surface area contributed by atoms with Gasteiger partial charge < -0.3 is 4.98 Å². The van der Waals surface area contributed by atoms with E-state index in [2.05, 4.69) is 83.9 Å². The van der Waals surface area contributed by atoms with Gasteiger partial charge in [-0.25, -0.2) is 0 Å². The van der Waals surface area contributed by atoms with Crippen LogP contribution in [0.3, 0.4) is 0 Å². The van der Waals surface area contributed by atoms with Crippen molar-refractivity contribution in [1.29, 1.82) is 0 Å². The monoisotopic (exact) mass is 345 g/mol. The third-order valence-corrected chi connectivity index (χ3v) is 10.3. The average Bonchev–Trinajstić information content (AvgIpc) is 3.23. The molecule has 1 N–H and O–H groups in total. The predicted molar refractivity (Wildman–Crippen MR) is 110 cm³/mol. The Kier molecular flexibility index (Phi) is 5.00. The van der Waals surface area contributed by atoms with Crippen molar-refractivity contribution >= 4 is 18.6 Å². The van der Waals surface area contributed by atoms with Crippen LogP contribution in [0.15, 0.2) is 84.1 Å². The highest BCUT2D eigenvalue weighted by Crippen LogP contribution is 2.25. The molecule has 0 aliphatic heterocycles. The van der Waals surface area contributed by atoms with Gasteiger partial charge in [-0.15, -0.1) is 0 Å². The third-order valence-electron chi connectivity index (χ3n) is 5.69. The number of nitrogens with one attached hydrogen (secondary N) is 1. The first-order chi connectivity index (χ1) is 12.4. The molecular formula is C23H27NSi.